The smallest absolute Gasteiger partial charge is 0.256 e. The lowest BCUT2D eigenvalue weighted by atomic mass is 10.2. The van der Waals surface area contributed by atoms with Crippen LogP contribution in [0.2, 0.25) is 5.15 Å². The van der Waals surface area contributed by atoms with E-state index in [4.69, 9.17) is 11.6 Å². The Bertz CT molecular complexity index is 536. The van der Waals surface area contributed by atoms with Crippen LogP contribution in [0.15, 0.2) is 6.20 Å². The molecule has 0 radical (unpaired) electrons. The zero-order valence-corrected chi connectivity index (χ0v) is 9.59. The third-order valence-corrected chi connectivity index (χ3v) is 2.98. The maximum atomic E-state index is 12.5. The van der Waals surface area contributed by atoms with Gasteiger partial charge in [0, 0.05) is 11.1 Å². The summed E-state index contributed by atoms with van der Waals surface area (Å²) in [6.45, 7) is 3.27. The minimum Gasteiger partial charge on any atom is -0.336 e. The summed E-state index contributed by atoms with van der Waals surface area (Å²) in [4.78, 5) is 0. The molecule has 16 heavy (non-hydrogen) atoms. The number of alkyl halides is 2. The molecule has 0 unspecified atom stereocenters. The summed E-state index contributed by atoms with van der Waals surface area (Å²) in [6, 6.07) is 0. The number of fused-ring (bicyclic) bond motifs is 1. The van der Waals surface area contributed by atoms with E-state index < -0.39 is 6.43 Å². The lowest BCUT2D eigenvalue weighted by Gasteiger charge is -2.07. The van der Waals surface area contributed by atoms with Gasteiger partial charge in [-0.05, 0) is 19.4 Å². The number of halogens is 3. The highest BCUT2D eigenvalue weighted by Crippen LogP contribution is 2.28. The van der Waals surface area contributed by atoms with E-state index in [1.807, 2.05) is 6.92 Å². The normalized spacial score (nSPS) is 11.6. The SMILES string of the molecule is Cc1c(C)n(CC(F)F)c2c(Cl)nncc12. The molecule has 0 aliphatic heterocycles. The Kier molecular flexibility index (Phi) is 2.80. The van der Waals surface area contributed by atoms with Gasteiger partial charge in [0.1, 0.15) is 0 Å². The van der Waals surface area contributed by atoms with Crippen LogP contribution in [0.5, 0.6) is 0 Å². The van der Waals surface area contributed by atoms with E-state index in [1.165, 1.54) is 4.57 Å². The van der Waals surface area contributed by atoms with Gasteiger partial charge >= 0.3 is 0 Å². The molecular formula is C10H10ClF2N3. The van der Waals surface area contributed by atoms with E-state index in [1.54, 1.807) is 13.1 Å². The van der Waals surface area contributed by atoms with Gasteiger partial charge in [-0.15, -0.1) is 5.10 Å². The quantitative estimate of drug-likeness (QED) is 0.814. The van der Waals surface area contributed by atoms with Gasteiger partial charge in [0.05, 0.1) is 18.3 Å². The fourth-order valence-electron chi connectivity index (χ4n) is 1.82. The van der Waals surface area contributed by atoms with Crippen LogP contribution >= 0.6 is 11.6 Å². The van der Waals surface area contributed by atoms with E-state index in [2.05, 4.69) is 10.2 Å². The lowest BCUT2D eigenvalue weighted by Crippen LogP contribution is -2.08. The van der Waals surface area contributed by atoms with Crippen molar-refractivity contribution in [3.63, 3.8) is 0 Å². The first-order valence-corrected chi connectivity index (χ1v) is 5.15. The predicted octanol–water partition coefficient (Wildman–Crippen LogP) is 2.97. The molecule has 0 N–H and O–H groups in total. The summed E-state index contributed by atoms with van der Waals surface area (Å²) in [5.74, 6) is 0. The van der Waals surface area contributed by atoms with Gasteiger partial charge in [0.2, 0.25) is 0 Å². The predicted molar refractivity (Wildman–Crippen MR) is 58.0 cm³/mol. The molecule has 0 atom stereocenters. The van der Waals surface area contributed by atoms with Crippen molar-refractivity contribution < 1.29 is 8.78 Å². The van der Waals surface area contributed by atoms with Crippen LogP contribution in [0.1, 0.15) is 11.3 Å². The molecule has 0 fully saturated rings. The van der Waals surface area contributed by atoms with E-state index in [0.717, 1.165) is 16.6 Å². The number of hydrogen-bond donors (Lipinski definition) is 0. The molecule has 2 aromatic heterocycles. The van der Waals surface area contributed by atoms with Gasteiger partial charge < -0.3 is 4.57 Å². The molecule has 0 spiro atoms. The minimum atomic E-state index is -2.42. The van der Waals surface area contributed by atoms with Crippen molar-refractivity contribution in [3.8, 4) is 0 Å². The zero-order valence-electron chi connectivity index (χ0n) is 8.84. The van der Waals surface area contributed by atoms with Gasteiger partial charge in [-0.1, -0.05) is 11.6 Å². The molecule has 0 saturated carbocycles. The van der Waals surface area contributed by atoms with Crippen molar-refractivity contribution >= 4 is 22.5 Å². The average molecular weight is 246 g/mol. The first kappa shape index (κ1) is 11.3. The Morgan fingerprint density at radius 3 is 2.75 bits per heavy atom. The van der Waals surface area contributed by atoms with Crippen LogP contribution in [0.4, 0.5) is 8.78 Å². The molecule has 0 aromatic carbocycles. The highest BCUT2D eigenvalue weighted by Gasteiger charge is 2.17. The summed E-state index contributed by atoms with van der Waals surface area (Å²) >= 11 is 5.89. The van der Waals surface area contributed by atoms with Crippen LogP contribution in [0.3, 0.4) is 0 Å². The van der Waals surface area contributed by atoms with E-state index in [9.17, 15) is 8.78 Å². The molecule has 2 rings (SSSR count). The molecule has 3 nitrogen and oxygen atoms in total. The Hall–Kier alpha value is -1.23. The van der Waals surface area contributed by atoms with Crippen LogP contribution in [-0.4, -0.2) is 21.2 Å². The molecule has 86 valence electrons. The fourth-order valence-corrected chi connectivity index (χ4v) is 2.07. The van der Waals surface area contributed by atoms with Crippen molar-refractivity contribution in [2.75, 3.05) is 0 Å². The first-order valence-electron chi connectivity index (χ1n) is 4.77. The molecular weight excluding hydrogens is 236 g/mol. The first-order chi connectivity index (χ1) is 7.52. The second-order valence-corrected chi connectivity index (χ2v) is 3.97. The topological polar surface area (TPSA) is 30.7 Å². The highest BCUT2D eigenvalue weighted by molar-refractivity contribution is 6.33. The van der Waals surface area contributed by atoms with Crippen LogP contribution in [0, 0.1) is 13.8 Å². The molecule has 0 bridgehead atoms. The van der Waals surface area contributed by atoms with Crippen LogP contribution in [-0.2, 0) is 6.54 Å². The Labute approximate surface area is 96.0 Å². The number of hydrogen-bond acceptors (Lipinski definition) is 2. The fraction of sp³-hybridized carbons (Fsp3) is 0.400. The van der Waals surface area contributed by atoms with Gasteiger partial charge in [-0.2, -0.15) is 5.10 Å². The summed E-state index contributed by atoms with van der Waals surface area (Å²) in [5, 5.41) is 8.34. The Balaban J connectivity index is 2.76. The molecule has 0 saturated heterocycles. The maximum absolute atomic E-state index is 12.5. The van der Waals surface area contributed by atoms with Gasteiger partial charge in [-0.25, -0.2) is 8.78 Å². The second kappa shape index (κ2) is 3.97. The second-order valence-electron chi connectivity index (χ2n) is 3.61. The van der Waals surface area contributed by atoms with Crippen molar-refractivity contribution in [3.05, 3.63) is 22.6 Å². The standard InChI is InChI=1S/C10H10ClF2N3/c1-5-6(2)16(4-8(12)13)9-7(5)3-14-15-10(9)11/h3,8H,4H2,1-2H3. The summed E-state index contributed by atoms with van der Waals surface area (Å²) < 4.78 is 26.4. The molecule has 6 heteroatoms. The molecule has 0 aliphatic rings. The van der Waals surface area contributed by atoms with E-state index in [0.29, 0.717) is 5.52 Å². The molecule has 0 amide bonds. The van der Waals surface area contributed by atoms with Crippen LogP contribution in [0.25, 0.3) is 10.9 Å². The van der Waals surface area contributed by atoms with Crippen molar-refractivity contribution in [2.24, 2.45) is 0 Å². The zero-order chi connectivity index (χ0) is 11.9. The van der Waals surface area contributed by atoms with E-state index >= 15 is 0 Å². The monoisotopic (exact) mass is 245 g/mol. The number of rotatable bonds is 2. The van der Waals surface area contributed by atoms with Crippen molar-refractivity contribution in [2.45, 2.75) is 26.8 Å². The van der Waals surface area contributed by atoms with Crippen molar-refractivity contribution in [1.82, 2.24) is 14.8 Å². The molecule has 0 aliphatic carbocycles. The summed E-state index contributed by atoms with van der Waals surface area (Å²) in [6.07, 6.45) is -0.871. The lowest BCUT2D eigenvalue weighted by molar-refractivity contribution is 0.127. The number of nitrogens with zero attached hydrogens (tertiary/aromatic N) is 3. The Morgan fingerprint density at radius 1 is 1.44 bits per heavy atom. The molecule has 2 aromatic rings. The number of aromatic nitrogens is 3. The highest BCUT2D eigenvalue weighted by atomic mass is 35.5. The van der Waals surface area contributed by atoms with Crippen molar-refractivity contribution in [1.29, 1.82) is 0 Å². The third kappa shape index (κ3) is 1.65. The molecule has 2 heterocycles. The number of aryl methyl sites for hydroxylation is 1. The minimum absolute atomic E-state index is 0.161. The van der Waals surface area contributed by atoms with Crippen LogP contribution < -0.4 is 0 Å². The maximum Gasteiger partial charge on any atom is 0.256 e. The largest absolute Gasteiger partial charge is 0.336 e. The average Bonchev–Trinajstić information content (AvgIpc) is 2.45. The van der Waals surface area contributed by atoms with Gasteiger partial charge in [0.25, 0.3) is 6.43 Å². The van der Waals surface area contributed by atoms with Gasteiger partial charge in [-0.3, -0.25) is 0 Å². The summed E-state index contributed by atoms with van der Waals surface area (Å²) in [5.41, 5.74) is 2.21. The van der Waals surface area contributed by atoms with Gasteiger partial charge in [0.15, 0.2) is 5.15 Å². The Morgan fingerprint density at radius 2 is 2.12 bits per heavy atom. The third-order valence-electron chi connectivity index (χ3n) is 2.72. The van der Waals surface area contributed by atoms with E-state index in [-0.39, 0.29) is 11.7 Å². The summed E-state index contributed by atoms with van der Waals surface area (Å²) in [7, 11) is 0.